The Labute approximate surface area is 103 Å². The predicted octanol–water partition coefficient (Wildman–Crippen LogP) is 4.10. The zero-order valence-electron chi connectivity index (χ0n) is 11.0. The van der Waals surface area contributed by atoms with Crippen LogP contribution >= 0.6 is 0 Å². The van der Waals surface area contributed by atoms with Crippen LogP contribution in [0, 0.1) is 17.8 Å². The minimum absolute atomic E-state index is 0.178. The lowest BCUT2D eigenvalue weighted by molar-refractivity contribution is 0.0807. The maximum atomic E-state index is 12.3. The molecule has 2 heteroatoms. The van der Waals surface area contributed by atoms with Crippen molar-refractivity contribution < 1.29 is 9.21 Å². The number of furan rings is 1. The zero-order chi connectivity index (χ0) is 12.4. The Hall–Kier alpha value is -1.05. The Bertz CT molecular complexity index is 391. The van der Waals surface area contributed by atoms with Crippen LogP contribution in [0.5, 0.6) is 0 Å². The number of aryl methyl sites for hydroxylation is 1. The molecule has 0 saturated heterocycles. The third kappa shape index (κ3) is 2.62. The van der Waals surface area contributed by atoms with Crippen LogP contribution < -0.4 is 0 Å². The van der Waals surface area contributed by atoms with E-state index in [4.69, 9.17) is 4.42 Å². The Morgan fingerprint density at radius 1 is 1.29 bits per heavy atom. The maximum Gasteiger partial charge on any atom is 0.201 e. The summed E-state index contributed by atoms with van der Waals surface area (Å²) in [5.74, 6) is 3.26. The summed E-state index contributed by atoms with van der Waals surface area (Å²) in [4.78, 5) is 12.3. The highest BCUT2D eigenvalue weighted by molar-refractivity contribution is 5.95. The summed E-state index contributed by atoms with van der Waals surface area (Å²) < 4.78 is 5.56. The molecule has 94 valence electrons. The quantitative estimate of drug-likeness (QED) is 0.737. The summed E-state index contributed by atoms with van der Waals surface area (Å²) in [7, 11) is 0. The number of hydrogen-bond donors (Lipinski definition) is 0. The monoisotopic (exact) mass is 234 g/mol. The number of rotatable bonds is 3. The van der Waals surface area contributed by atoms with E-state index in [1.165, 1.54) is 6.42 Å². The largest absolute Gasteiger partial charge is 0.458 e. The molecule has 1 aromatic heterocycles. The Kier molecular flexibility index (Phi) is 3.70. The molecule has 0 bridgehead atoms. The smallest absolute Gasteiger partial charge is 0.201 e. The average molecular weight is 234 g/mol. The minimum atomic E-state index is 0.178. The number of carbonyl (C=O) groups excluding carboxylic acids is 1. The van der Waals surface area contributed by atoms with Crippen LogP contribution in [0.4, 0.5) is 0 Å². The molecule has 0 aromatic carbocycles. The highest BCUT2D eigenvalue weighted by atomic mass is 16.3. The van der Waals surface area contributed by atoms with Crippen LogP contribution in [0.1, 0.15) is 56.3 Å². The second-order valence-corrected chi connectivity index (χ2v) is 5.45. The average Bonchev–Trinajstić information content (AvgIpc) is 2.80. The van der Waals surface area contributed by atoms with Gasteiger partial charge in [-0.3, -0.25) is 4.79 Å². The van der Waals surface area contributed by atoms with Gasteiger partial charge in [0.05, 0.1) is 0 Å². The summed E-state index contributed by atoms with van der Waals surface area (Å²) in [5.41, 5.74) is 0. The molecule has 2 rings (SSSR count). The first-order valence-electron chi connectivity index (χ1n) is 6.74. The van der Waals surface area contributed by atoms with E-state index in [9.17, 15) is 4.79 Å². The van der Waals surface area contributed by atoms with Crippen LogP contribution in [0.15, 0.2) is 16.5 Å². The fourth-order valence-corrected chi connectivity index (χ4v) is 2.69. The molecule has 1 saturated carbocycles. The molecule has 17 heavy (non-hydrogen) atoms. The first-order chi connectivity index (χ1) is 8.11. The van der Waals surface area contributed by atoms with Gasteiger partial charge in [-0.05, 0) is 43.2 Å². The number of carbonyl (C=O) groups is 1. The summed E-state index contributed by atoms with van der Waals surface area (Å²) in [6, 6.07) is 3.76. The molecular formula is C15H22O2. The normalized spacial score (nSPS) is 29.2. The fourth-order valence-electron chi connectivity index (χ4n) is 2.69. The summed E-state index contributed by atoms with van der Waals surface area (Å²) in [5, 5.41) is 0. The van der Waals surface area contributed by atoms with E-state index in [1.54, 1.807) is 0 Å². The van der Waals surface area contributed by atoms with E-state index < -0.39 is 0 Å². The van der Waals surface area contributed by atoms with Gasteiger partial charge < -0.3 is 4.42 Å². The third-order valence-electron chi connectivity index (χ3n) is 4.22. The molecule has 1 fully saturated rings. The van der Waals surface area contributed by atoms with Crippen molar-refractivity contribution in [3.63, 3.8) is 0 Å². The molecule has 3 unspecified atom stereocenters. The first-order valence-corrected chi connectivity index (χ1v) is 6.74. The first kappa shape index (κ1) is 12.4. The van der Waals surface area contributed by atoms with E-state index in [2.05, 4.69) is 13.8 Å². The van der Waals surface area contributed by atoms with E-state index in [0.29, 0.717) is 11.7 Å². The lowest BCUT2D eigenvalue weighted by atomic mass is 9.74. The molecule has 0 N–H and O–H groups in total. The summed E-state index contributed by atoms with van der Waals surface area (Å²) in [6.45, 7) is 6.58. The Balaban J connectivity index is 2.05. The molecule has 1 aliphatic rings. The van der Waals surface area contributed by atoms with Gasteiger partial charge in [-0.15, -0.1) is 0 Å². The number of Topliss-reactive ketones (excluding diaryl/α,β-unsaturated/α-hetero) is 1. The Morgan fingerprint density at radius 2 is 2.06 bits per heavy atom. The van der Waals surface area contributed by atoms with Crippen molar-refractivity contribution in [2.24, 2.45) is 17.8 Å². The highest BCUT2D eigenvalue weighted by Gasteiger charge is 2.30. The van der Waals surface area contributed by atoms with Crippen molar-refractivity contribution in [1.29, 1.82) is 0 Å². The number of hydrogen-bond acceptors (Lipinski definition) is 2. The van der Waals surface area contributed by atoms with Gasteiger partial charge in [0.25, 0.3) is 0 Å². The summed E-state index contributed by atoms with van der Waals surface area (Å²) >= 11 is 0. The van der Waals surface area contributed by atoms with E-state index in [1.807, 2.05) is 19.1 Å². The van der Waals surface area contributed by atoms with Crippen LogP contribution in [0.2, 0.25) is 0 Å². The predicted molar refractivity (Wildman–Crippen MR) is 68.1 cm³/mol. The van der Waals surface area contributed by atoms with Crippen molar-refractivity contribution >= 4 is 5.78 Å². The molecule has 0 amide bonds. The van der Waals surface area contributed by atoms with Crippen molar-refractivity contribution in [1.82, 2.24) is 0 Å². The van der Waals surface area contributed by atoms with E-state index in [0.717, 1.165) is 30.9 Å². The van der Waals surface area contributed by atoms with Crippen LogP contribution in [0.3, 0.4) is 0 Å². The van der Waals surface area contributed by atoms with Gasteiger partial charge in [-0.2, -0.15) is 0 Å². The van der Waals surface area contributed by atoms with Gasteiger partial charge in [0, 0.05) is 12.3 Å². The van der Waals surface area contributed by atoms with Crippen LogP contribution in [0.25, 0.3) is 0 Å². The SMILES string of the molecule is CCc1ccc(C(=O)C2CCC(C)C(C)C2)o1. The second-order valence-electron chi connectivity index (χ2n) is 5.45. The van der Waals surface area contributed by atoms with Gasteiger partial charge in [0.1, 0.15) is 5.76 Å². The van der Waals surface area contributed by atoms with Crippen LogP contribution in [-0.2, 0) is 6.42 Å². The molecule has 2 nitrogen and oxygen atoms in total. The Morgan fingerprint density at radius 3 is 2.65 bits per heavy atom. The van der Waals surface area contributed by atoms with Gasteiger partial charge in [0.15, 0.2) is 5.76 Å². The molecule has 1 aliphatic carbocycles. The van der Waals surface area contributed by atoms with Crippen molar-refractivity contribution in [3.8, 4) is 0 Å². The second kappa shape index (κ2) is 5.07. The molecule has 0 spiro atoms. The lowest BCUT2D eigenvalue weighted by Gasteiger charge is -2.30. The van der Waals surface area contributed by atoms with Gasteiger partial charge in [-0.25, -0.2) is 0 Å². The van der Waals surface area contributed by atoms with Gasteiger partial charge in [-0.1, -0.05) is 20.8 Å². The van der Waals surface area contributed by atoms with Crippen LogP contribution in [-0.4, -0.2) is 5.78 Å². The summed E-state index contributed by atoms with van der Waals surface area (Å²) in [6.07, 6.45) is 4.05. The molecular weight excluding hydrogens is 212 g/mol. The van der Waals surface area contributed by atoms with Crippen molar-refractivity contribution in [3.05, 3.63) is 23.7 Å². The highest BCUT2D eigenvalue weighted by Crippen LogP contribution is 2.35. The third-order valence-corrected chi connectivity index (χ3v) is 4.22. The van der Waals surface area contributed by atoms with Crippen molar-refractivity contribution in [2.75, 3.05) is 0 Å². The molecule has 3 atom stereocenters. The fraction of sp³-hybridized carbons (Fsp3) is 0.667. The van der Waals surface area contributed by atoms with Crippen molar-refractivity contribution in [2.45, 2.75) is 46.5 Å². The van der Waals surface area contributed by atoms with Gasteiger partial charge >= 0.3 is 0 Å². The minimum Gasteiger partial charge on any atom is -0.458 e. The molecule has 1 heterocycles. The van der Waals surface area contributed by atoms with Gasteiger partial charge in [0.2, 0.25) is 5.78 Å². The molecule has 0 aliphatic heterocycles. The zero-order valence-corrected chi connectivity index (χ0v) is 11.0. The standard InChI is InChI=1S/C15H22O2/c1-4-13-7-8-14(17-13)15(16)12-6-5-10(2)11(3)9-12/h7-8,10-12H,4-6,9H2,1-3H3. The molecule has 1 aromatic rings. The lowest BCUT2D eigenvalue weighted by Crippen LogP contribution is -2.26. The number of ketones is 1. The maximum absolute atomic E-state index is 12.3. The van der Waals surface area contributed by atoms with E-state index >= 15 is 0 Å². The molecule has 0 radical (unpaired) electrons. The topological polar surface area (TPSA) is 30.2 Å². The van der Waals surface area contributed by atoms with E-state index in [-0.39, 0.29) is 11.7 Å².